The summed E-state index contributed by atoms with van der Waals surface area (Å²) in [5.41, 5.74) is 5.18. The predicted molar refractivity (Wildman–Crippen MR) is 31.5 cm³/mol. The predicted octanol–water partition coefficient (Wildman–Crippen LogP) is 0.454. The van der Waals surface area contributed by atoms with Crippen LogP contribution in [0.4, 0.5) is 0 Å². The first-order valence-electron chi connectivity index (χ1n) is 2.95. The van der Waals surface area contributed by atoms with Crippen molar-refractivity contribution < 1.29 is 37.5 Å². The van der Waals surface area contributed by atoms with E-state index in [4.69, 9.17) is 5.73 Å². The van der Waals surface area contributed by atoms with Crippen molar-refractivity contribution in [3.05, 3.63) is 0 Å². The van der Waals surface area contributed by atoms with Gasteiger partial charge in [0.05, 0.1) is 5.54 Å². The fourth-order valence-corrected chi connectivity index (χ4v) is 0.910. The molecule has 0 saturated heterocycles. The van der Waals surface area contributed by atoms with Gasteiger partial charge in [-0.3, -0.25) is 4.79 Å². The molecule has 0 atom stereocenters. The summed E-state index contributed by atoms with van der Waals surface area (Å²) in [7, 11) is 0. The summed E-state index contributed by atoms with van der Waals surface area (Å²) in [5, 5.41) is 0. The molecule has 0 spiro atoms. The standard InChI is InChI=1S/C6H11NO.Y/c1-5(8)6(7)3-2-4-6;/h2-4,7H2,1H3;. The van der Waals surface area contributed by atoms with Crippen LogP contribution in [0.5, 0.6) is 0 Å². The quantitative estimate of drug-likeness (QED) is 0.670. The normalized spacial score (nSPS) is 21.6. The first kappa shape index (κ1) is 9.73. The van der Waals surface area contributed by atoms with E-state index in [9.17, 15) is 4.79 Å². The third-order valence-electron chi connectivity index (χ3n) is 1.95. The maximum atomic E-state index is 10.6. The smallest absolute Gasteiger partial charge is 0.149 e. The molecule has 1 fully saturated rings. The zero-order valence-corrected chi connectivity index (χ0v) is 8.52. The molecule has 0 bridgehead atoms. The summed E-state index contributed by atoms with van der Waals surface area (Å²) in [6, 6.07) is 0. The van der Waals surface area contributed by atoms with E-state index in [-0.39, 0.29) is 38.5 Å². The van der Waals surface area contributed by atoms with E-state index in [0.717, 1.165) is 19.3 Å². The Morgan fingerprint density at radius 1 is 1.56 bits per heavy atom. The van der Waals surface area contributed by atoms with Crippen molar-refractivity contribution in [1.29, 1.82) is 0 Å². The van der Waals surface area contributed by atoms with Crippen molar-refractivity contribution in [2.75, 3.05) is 0 Å². The Hall–Kier alpha value is 0.734. The summed E-state index contributed by atoms with van der Waals surface area (Å²) in [6.45, 7) is 1.57. The minimum Gasteiger partial charge on any atom is -0.319 e. The Bertz CT molecular complexity index is 120. The Labute approximate surface area is 80.4 Å². The van der Waals surface area contributed by atoms with Gasteiger partial charge in [0.1, 0.15) is 5.78 Å². The number of hydrogen-bond donors (Lipinski definition) is 1. The number of carbonyl (C=O) groups is 1. The summed E-state index contributed by atoms with van der Waals surface area (Å²) in [4.78, 5) is 10.6. The largest absolute Gasteiger partial charge is 0.319 e. The first-order chi connectivity index (χ1) is 3.65. The van der Waals surface area contributed by atoms with Gasteiger partial charge < -0.3 is 5.73 Å². The number of Topliss-reactive ketones (excluding diaryl/α,β-unsaturated/α-hetero) is 1. The molecule has 1 rings (SSSR count). The SMILES string of the molecule is CC(=O)C1(N)CCC1.[Y]. The molecular weight excluding hydrogens is 191 g/mol. The van der Waals surface area contributed by atoms with Crippen molar-refractivity contribution in [3.8, 4) is 0 Å². The minimum atomic E-state index is -0.417. The molecule has 0 aromatic rings. The van der Waals surface area contributed by atoms with Crippen molar-refractivity contribution in [2.45, 2.75) is 31.7 Å². The second-order valence-electron chi connectivity index (χ2n) is 2.57. The molecule has 0 amide bonds. The van der Waals surface area contributed by atoms with E-state index in [1.807, 2.05) is 0 Å². The number of hydrogen-bond acceptors (Lipinski definition) is 2. The Morgan fingerprint density at radius 3 is 2.00 bits per heavy atom. The fourth-order valence-electron chi connectivity index (χ4n) is 0.910. The average Bonchev–Trinajstić information content (AvgIpc) is 1.60. The van der Waals surface area contributed by atoms with Gasteiger partial charge in [-0.05, 0) is 26.2 Å². The van der Waals surface area contributed by atoms with Crippen LogP contribution in [-0.2, 0) is 37.5 Å². The molecule has 3 heteroatoms. The summed E-state index contributed by atoms with van der Waals surface area (Å²) >= 11 is 0. The third-order valence-corrected chi connectivity index (χ3v) is 1.95. The van der Waals surface area contributed by atoms with Crippen molar-refractivity contribution >= 4 is 5.78 Å². The van der Waals surface area contributed by atoms with E-state index < -0.39 is 5.54 Å². The van der Waals surface area contributed by atoms with Gasteiger partial charge in [0.25, 0.3) is 0 Å². The first-order valence-corrected chi connectivity index (χ1v) is 2.95. The van der Waals surface area contributed by atoms with Gasteiger partial charge in [-0.25, -0.2) is 0 Å². The molecule has 0 aromatic heterocycles. The minimum absolute atomic E-state index is 0. The third kappa shape index (κ3) is 1.82. The van der Waals surface area contributed by atoms with Gasteiger partial charge in [0.15, 0.2) is 0 Å². The summed E-state index contributed by atoms with van der Waals surface area (Å²) in [5.74, 6) is 0.142. The van der Waals surface area contributed by atoms with Crippen LogP contribution in [-0.4, -0.2) is 11.3 Å². The maximum Gasteiger partial charge on any atom is 0.149 e. The number of nitrogens with two attached hydrogens (primary N) is 1. The van der Waals surface area contributed by atoms with Crippen molar-refractivity contribution in [3.63, 3.8) is 0 Å². The zero-order valence-electron chi connectivity index (χ0n) is 5.68. The van der Waals surface area contributed by atoms with Crippen molar-refractivity contribution in [1.82, 2.24) is 0 Å². The second-order valence-corrected chi connectivity index (χ2v) is 2.57. The molecule has 0 aliphatic heterocycles. The van der Waals surface area contributed by atoms with Crippen LogP contribution >= 0.6 is 0 Å². The van der Waals surface area contributed by atoms with Crippen molar-refractivity contribution in [2.24, 2.45) is 5.73 Å². The molecule has 9 heavy (non-hydrogen) atoms. The van der Waals surface area contributed by atoms with Gasteiger partial charge in [0, 0.05) is 32.7 Å². The molecule has 1 radical (unpaired) electrons. The van der Waals surface area contributed by atoms with Gasteiger partial charge in [-0.2, -0.15) is 0 Å². The molecule has 0 unspecified atom stereocenters. The van der Waals surface area contributed by atoms with Crippen LogP contribution in [0, 0.1) is 0 Å². The monoisotopic (exact) mass is 202 g/mol. The molecule has 49 valence electrons. The Morgan fingerprint density at radius 2 is 2.00 bits per heavy atom. The van der Waals surface area contributed by atoms with Crippen LogP contribution in [0.1, 0.15) is 26.2 Å². The molecule has 1 aliphatic carbocycles. The van der Waals surface area contributed by atoms with Gasteiger partial charge in [0.2, 0.25) is 0 Å². The molecule has 1 aliphatic rings. The van der Waals surface area contributed by atoms with Crippen LogP contribution < -0.4 is 5.73 Å². The van der Waals surface area contributed by atoms with Crippen LogP contribution in [0.3, 0.4) is 0 Å². The summed E-state index contributed by atoms with van der Waals surface area (Å²) < 4.78 is 0. The van der Waals surface area contributed by atoms with Gasteiger partial charge in [-0.15, -0.1) is 0 Å². The van der Waals surface area contributed by atoms with E-state index >= 15 is 0 Å². The fraction of sp³-hybridized carbons (Fsp3) is 0.833. The van der Waals surface area contributed by atoms with E-state index in [1.165, 1.54) is 0 Å². The number of ketones is 1. The topological polar surface area (TPSA) is 43.1 Å². The Balaban J connectivity index is 0.000000640. The molecule has 0 aromatic carbocycles. The number of carbonyl (C=O) groups excluding carboxylic acids is 1. The van der Waals surface area contributed by atoms with Gasteiger partial charge in [-0.1, -0.05) is 0 Å². The number of rotatable bonds is 1. The van der Waals surface area contributed by atoms with E-state index in [1.54, 1.807) is 6.92 Å². The molecule has 2 N–H and O–H groups in total. The average molecular weight is 202 g/mol. The molecule has 0 heterocycles. The zero-order chi connectivity index (χ0) is 6.20. The van der Waals surface area contributed by atoms with E-state index in [0.29, 0.717) is 0 Å². The molecular formula is C6H11NOY. The van der Waals surface area contributed by atoms with E-state index in [2.05, 4.69) is 0 Å². The van der Waals surface area contributed by atoms with Crippen LogP contribution in [0.25, 0.3) is 0 Å². The van der Waals surface area contributed by atoms with Crippen LogP contribution in [0.2, 0.25) is 0 Å². The molecule has 2 nitrogen and oxygen atoms in total. The van der Waals surface area contributed by atoms with Gasteiger partial charge >= 0.3 is 0 Å². The Kier molecular flexibility index (Phi) is 3.48. The molecule has 1 saturated carbocycles. The second kappa shape index (κ2) is 3.22. The summed E-state index contributed by atoms with van der Waals surface area (Å²) in [6.07, 6.45) is 2.90. The van der Waals surface area contributed by atoms with Crippen LogP contribution in [0.15, 0.2) is 0 Å². The maximum absolute atomic E-state index is 10.6.